The maximum absolute atomic E-state index is 12.4. The van der Waals surface area contributed by atoms with Crippen LogP contribution in [0.25, 0.3) is 10.8 Å². The van der Waals surface area contributed by atoms with Crippen molar-refractivity contribution in [1.29, 1.82) is 0 Å². The highest BCUT2D eigenvalue weighted by Gasteiger charge is 2.12. The number of hydrogen-bond acceptors (Lipinski definition) is 3. The van der Waals surface area contributed by atoms with Crippen LogP contribution in [0, 0.1) is 0 Å². The molecule has 2 amide bonds. The Kier molecular flexibility index (Phi) is 5.66. The van der Waals surface area contributed by atoms with E-state index in [0.717, 1.165) is 10.9 Å². The number of amides is 2. The fourth-order valence-electron chi connectivity index (χ4n) is 2.82. The minimum Gasteiger partial charge on any atom is -0.345 e. The van der Waals surface area contributed by atoms with Crippen LogP contribution in [0.5, 0.6) is 0 Å². The Labute approximate surface area is 157 Å². The topological polar surface area (TPSA) is 71.4 Å². The Morgan fingerprint density at radius 1 is 1.00 bits per heavy atom. The molecular formula is C21H21N3O3. The lowest BCUT2D eigenvalue weighted by Gasteiger charge is -2.17. The van der Waals surface area contributed by atoms with Crippen molar-refractivity contribution >= 4 is 22.6 Å². The Morgan fingerprint density at radius 3 is 2.48 bits per heavy atom. The van der Waals surface area contributed by atoms with Gasteiger partial charge in [0.05, 0.1) is 6.54 Å². The van der Waals surface area contributed by atoms with Crippen LogP contribution in [0.15, 0.2) is 71.7 Å². The molecule has 27 heavy (non-hydrogen) atoms. The smallest absolute Gasteiger partial charge is 0.258 e. The fourth-order valence-corrected chi connectivity index (χ4v) is 2.82. The SMILES string of the molecule is CN(Cc1ccccc1)C(=O)CNC(=O)Cn1ccc2ccccc2c1=O. The molecule has 1 heterocycles. The molecule has 0 saturated carbocycles. The van der Waals surface area contributed by atoms with Crippen molar-refractivity contribution in [3.63, 3.8) is 0 Å². The molecule has 1 N–H and O–H groups in total. The summed E-state index contributed by atoms with van der Waals surface area (Å²) >= 11 is 0. The minimum atomic E-state index is -0.381. The van der Waals surface area contributed by atoms with E-state index >= 15 is 0 Å². The lowest BCUT2D eigenvalue weighted by Crippen LogP contribution is -2.40. The van der Waals surface area contributed by atoms with Crippen LogP contribution in [-0.2, 0) is 22.7 Å². The summed E-state index contributed by atoms with van der Waals surface area (Å²) in [6.07, 6.45) is 1.59. The number of hydrogen-bond donors (Lipinski definition) is 1. The standard InChI is InChI=1S/C21H21N3O3/c1-23(14-16-7-3-2-4-8-16)20(26)13-22-19(25)15-24-12-11-17-9-5-6-10-18(17)21(24)27/h2-12H,13-15H2,1H3,(H,22,25). The van der Waals surface area contributed by atoms with Gasteiger partial charge in [-0.05, 0) is 23.1 Å². The Hall–Kier alpha value is -3.41. The molecule has 0 aliphatic rings. The monoisotopic (exact) mass is 363 g/mol. The van der Waals surface area contributed by atoms with Crippen molar-refractivity contribution in [3.8, 4) is 0 Å². The predicted molar refractivity (Wildman–Crippen MR) is 104 cm³/mol. The largest absolute Gasteiger partial charge is 0.345 e. The molecule has 0 atom stereocenters. The number of carbonyl (C=O) groups is 2. The van der Waals surface area contributed by atoms with Crippen LogP contribution < -0.4 is 10.9 Å². The van der Waals surface area contributed by atoms with E-state index in [1.54, 1.807) is 36.3 Å². The molecule has 0 aliphatic carbocycles. The third kappa shape index (κ3) is 4.61. The van der Waals surface area contributed by atoms with Crippen LogP contribution in [0.4, 0.5) is 0 Å². The first-order valence-electron chi connectivity index (χ1n) is 8.67. The second kappa shape index (κ2) is 8.31. The van der Waals surface area contributed by atoms with Crippen LogP contribution in [0.2, 0.25) is 0 Å². The van der Waals surface area contributed by atoms with Gasteiger partial charge in [0.2, 0.25) is 11.8 Å². The molecule has 0 saturated heterocycles. The first-order valence-corrected chi connectivity index (χ1v) is 8.67. The predicted octanol–water partition coefficient (Wildman–Crippen LogP) is 1.78. The highest BCUT2D eigenvalue weighted by molar-refractivity contribution is 5.85. The second-order valence-corrected chi connectivity index (χ2v) is 6.35. The molecule has 2 aromatic carbocycles. The first kappa shape index (κ1) is 18.4. The quantitative estimate of drug-likeness (QED) is 0.726. The van der Waals surface area contributed by atoms with E-state index in [9.17, 15) is 14.4 Å². The maximum atomic E-state index is 12.4. The number of nitrogens with zero attached hydrogens (tertiary/aromatic N) is 2. The van der Waals surface area contributed by atoms with Gasteiger partial charge in [-0.1, -0.05) is 48.5 Å². The van der Waals surface area contributed by atoms with Gasteiger partial charge in [0.1, 0.15) is 6.54 Å². The Bertz CT molecular complexity index is 1010. The zero-order chi connectivity index (χ0) is 19.2. The van der Waals surface area contributed by atoms with E-state index < -0.39 is 0 Å². The molecule has 0 aliphatic heterocycles. The molecule has 0 bridgehead atoms. The first-order chi connectivity index (χ1) is 13.0. The third-order valence-corrected chi connectivity index (χ3v) is 4.33. The highest BCUT2D eigenvalue weighted by Crippen LogP contribution is 2.08. The summed E-state index contributed by atoms with van der Waals surface area (Å²) in [4.78, 5) is 38.3. The molecule has 6 nitrogen and oxygen atoms in total. The highest BCUT2D eigenvalue weighted by atomic mass is 16.2. The average Bonchev–Trinajstić information content (AvgIpc) is 2.69. The summed E-state index contributed by atoms with van der Waals surface area (Å²) < 4.78 is 1.34. The summed E-state index contributed by atoms with van der Waals surface area (Å²) in [6.45, 7) is 0.240. The Morgan fingerprint density at radius 2 is 1.70 bits per heavy atom. The minimum absolute atomic E-state index is 0.107. The van der Waals surface area contributed by atoms with Crippen LogP contribution in [-0.4, -0.2) is 34.9 Å². The lowest BCUT2D eigenvalue weighted by atomic mass is 10.2. The average molecular weight is 363 g/mol. The van der Waals surface area contributed by atoms with Gasteiger partial charge in [-0.2, -0.15) is 0 Å². The molecule has 0 unspecified atom stereocenters. The van der Waals surface area contributed by atoms with Crippen molar-refractivity contribution in [2.24, 2.45) is 0 Å². The van der Waals surface area contributed by atoms with Crippen molar-refractivity contribution < 1.29 is 9.59 Å². The van der Waals surface area contributed by atoms with Gasteiger partial charge in [-0.3, -0.25) is 14.4 Å². The van der Waals surface area contributed by atoms with Gasteiger partial charge < -0.3 is 14.8 Å². The molecule has 6 heteroatoms. The van der Waals surface area contributed by atoms with E-state index in [0.29, 0.717) is 11.9 Å². The fraction of sp³-hybridized carbons (Fsp3) is 0.190. The van der Waals surface area contributed by atoms with E-state index in [1.165, 1.54) is 4.57 Å². The van der Waals surface area contributed by atoms with E-state index in [1.807, 2.05) is 42.5 Å². The molecule has 0 spiro atoms. The molecular weight excluding hydrogens is 342 g/mol. The third-order valence-electron chi connectivity index (χ3n) is 4.33. The van der Waals surface area contributed by atoms with Gasteiger partial charge >= 0.3 is 0 Å². The van der Waals surface area contributed by atoms with Crippen molar-refractivity contribution in [2.45, 2.75) is 13.1 Å². The van der Waals surface area contributed by atoms with Gasteiger partial charge in [-0.15, -0.1) is 0 Å². The van der Waals surface area contributed by atoms with Crippen molar-refractivity contribution in [3.05, 3.63) is 82.8 Å². The van der Waals surface area contributed by atoms with Crippen LogP contribution in [0.3, 0.4) is 0 Å². The lowest BCUT2D eigenvalue weighted by molar-refractivity contribution is -0.132. The number of pyridine rings is 1. The summed E-state index contributed by atoms with van der Waals surface area (Å²) in [5.74, 6) is -0.577. The summed E-state index contributed by atoms with van der Waals surface area (Å²) in [6, 6.07) is 18.6. The second-order valence-electron chi connectivity index (χ2n) is 6.35. The normalized spacial score (nSPS) is 10.6. The number of benzene rings is 2. The summed E-state index contributed by atoms with van der Waals surface area (Å²) in [5.41, 5.74) is 0.790. The van der Waals surface area contributed by atoms with E-state index in [4.69, 9.17) is 0 Å². The van der Waals surface area contributed by atoms with Crippen LogP contribution in [0.1, 0.15) is 5.56 Å². The Balaban J connectivity index is 1.56. The molecule has 3 rings (SSSR count). The number of rotatable bonds is 6. The molecule has 0 radical (unpaired) electrons. The number of fused-ring (bicyclic) bond motifs is 1. The van der Waals surface area contributed by atoms with Crippen molar-refractivity contribution in [2.75, 3.05) is 13.6 Å². The van der Waals surface area contributed by atoms with Gasteiger partial charge in [-0.25, -0.2) is 0 Å². The zero-order valence-corrected chi connectivity index (χ0v) is 15.1. The van der Waals surface area contributed by atoms with E-state index in [-0.39, 0.29) is 30.5 Å². The number of carbonyl (C=O) groups excluding carboxylic acids is 2. The number of aromatic nitrogens is 1. The van der Waals surface area contributed by atoms with Gasteiger partial charge in [0, 0.05) is 25.2 Å². The molecule has 1 aromatic heterocycles. The van der Waals surface area contributed by atoms with Gasteiger partial charge in [0.15, 0.2) is 0 Å². The van der Waals surface area contributed by atoms with E-state index in [2.05, 4.69) is 5.32 Å². The summed E-state index contributed by atoms with van der Waals surface area (Å²) in [7, 11) is 1.69. The number of nitrogens with one attached hydrogen (secondary N) is 1. The summed E-state index contributed by atoms with van der Waals surface area (Å²) in [5, 5.41) is 3.98. The molecule has 3 aromatic rings. The maximum Gasteiger partial charge on any atom is 0.258 e. The zero-order valence-electron chi connectivity index (χ0n) is 15.1. The van der Waals surface area contributed by atoms with Crippen LogP contribution >= 0.6 is 0 Å². The molecule has 138 valence electrons. The molecule has 0 fully saturated rings. The van der Waals surface area contributed by atoms with Gasteiger partial charge in [0.25, 0.3) is 5.56 Å². The number of likely N-dealkylation sites (N-methyl/N-ethyl adjacent to an activating group) is 1. The van der Waals surface area contributed by atoms with Crippen molar-refractivity contribution in [1.82, 2.24) is 14.8 Å².